The van der Waals surface area contributed by atoms with Crippen LogP contribution < -0.4 is 10.8 Å². The number of esters is 1. The average Bonchev–Trinajstić information content (AvgIpc) is 3.23. The van der Waals surface area contributed by atoms with Gasteiger partial charge in [-0.3, -0.25) is 9.36 Å². The van der Waals surface area contributed by atoms with E-state index in [1.807, 2.05) is 30.3 Å². The number of hydrogen-bond donors (Lipinski definition) is 3. The molecule has 0 amide bonds. The molecule has 0 saturated heterocycles. The second-order valence-electron chi connectivity index (χ2n) is 7.37. The minimum absolute atomic E-state index is 0.0233. The van der Waals surface area contributed by atoms with Crippen LogP contribution in [0.2, 0.25) is 0 Å². The number of aliphatic hydroxyl groups is 1. The number of benzene rings is 1. The van der Waals surface area contributed by atoms with Gasteiger partial charge in [-0.25, -0.2) is 15.1 Å². The van der Waals surface area contributed by atoms with Crippen LogP contribution in [0.25, 0.3) is 11.2 Å². The van der Waals surface area contributed by atoms with E-state index in [1.54, 1.807) is 18.4 Å². The number of imidazole rings is 1. The van der Waals surface area contributed by atoms with E-state index in [1.165, 1.54) is 6.33 Å². The zero-order valence-corrected chi connectivity index (χ0v) is 20.0. The Bertz CT molecular complexity index is 1140. The van der Waals surface area contributed by atoms with Gasteiger partial charge in [0.2, 0.25) is 5.95 Å². The van der Waals surface area contributed by atoms with E-state index < -0.39 is 19.5 Å². The van der Waals surface area contributed by atoms with Crippen LogP contribution in [0, 0.1) is 0 Å². The van der Waals surface area contributed by atoms with Crippen molar-refractivity contribution in [1.82, 2.24) is 24.6 Å². The Kier molecular flexibility index (Phi) is 9.08. The highest BCUT2D eigenvalue weighted by molar-refractivity contribution is 7.56. The topological polar surface area (TPSA) is 164 Å². The fourth-order valence-electron chi connectivity index (χ4n) is 3.12. The third kappa shape index (κ3) is 6.81. The zero-order valence-electron chi connectivity index (χ0n) is 19.1. The Morgan fingerprint density at radius 2 is 2.06 bits per heavy atom. The molecule has 13 heteroatoms. The number of fused-ring (bicyclic) bond motifs is 1. The van der Waals surface area contributed by atoms with Gasteiger partial charge in [0.15, 0.2) is 5.65 Å². The Labute approximate surface area is 197 Å². The van der Waals surface area contributed by atoms with Gasteiger partial charge in [-0.05, 0) is 19.4 Å². The maximum absolute atomic E-state index is 13.5. The molecule has 184 valence electrons. The molecule has 1 aromatic carbocycles. The van der Waals surface area contributed by atoms with Gasteiger partial charge in [0.25, 0.3) is 7.52 Å². The normalized spacial score (nSPS) is 14.1. The smallest absolute Gasteiger partial charge is 0.323 e. The monoisotopic (exact) mass is 492 g/mol. The summed E-state index contributed by atoms with van der Waals surface area (Å²) in [5, 5.41) is 12.2. The van der Waals surface area contributed by atoms with Crippen molar-refractivity contribution in [3.05, 3.63) is 47.9 Å². The van der Waals surface area contributed by atoms with Crippen molar-refractivity contribution in [3.8, 4) is 0 Å². The van der Waals surface area contributed by atoms with Crippen LogP contribution in [-0.4, -0.2) is 56.2 Å². The first kappa shape index (κ1) is 25.7. The fourth-order valence-corrected chi connectivity index (χ4v) is 4.77. The van der Waals surface area contributed by atoms with E-state index in [9.17, 15) is 14.5 Å². The predicted octanol–water partition coefficient (Wildman–Crippen LogP) is 1.83. The highest BCUT2D eigenvalue weighted by Gasteiger charge is 2.29. The van der Waals surface area contributed by atoms with Crippen molar-refractivity contribution < 1.29 is 28.5 Å². The zero-order chi connectivity index (χ0) is 24.6. The number of nitrogens with two attached hydrogens (primary N) is 1. The van der Waals surface area contributed by atoms with Crippen LogP contribution in [0.3, 0.4) is 0 Å². The molecular formula is C21H29N6O6P. The number of rotatable bonds is 13. The maximum atomic E-state index is 13.5. The molecule has 34 heavy (non-hydrogen) atoms. The molecule has 3 aromatic rings. The van der Waals surface area contributed by atoms with Crippen LogP contribution in [0.5, 0.6) is 0 Å². The maximum Gasteiger partial charge on any atom is 0.323 e. The quantitative estimate of drug-likeness (QED) is 0.181. The lowest BCUT2D eigenvalue weighted by molar-refractivity contribution is -0.144. The van der Waals surface area contributed by atoms with Gasteiger partial charge in [0.05, 0.1) is 38.4 Å². The molecule has 0 unspecified atom stereocenters. The summed E-state index contributed by atoms with van der Waals surface area (Å²) in [5.74, 6) is -0.511. The Hall–Kier alpha value is -2.89. The lowest BCUT2D eigenvalue weighted by atomic mass is 10.2. The molecule has 0 aliphatic rings. The number of aliphatic hydroxyl groups excluding tert-OH is 1. The number of nitrogen functional groups attached to an aromatic ring is 1. The lowest BCUT2D eigenvalue weighted by Crippen LogP contribution is -2.34. The number of nitrogens with one attached hydrogen (secondary N) is 1. The number of nitrogens with zero attached hydrogens (tertiary/aromatic N) is 4. The molecule has 0 aliphatic carbocycles. The number of aromatic nitrogens is 4. The van der Waals surface area contributed by atoms with Crippen LogP contribution >= 0.6 is 7.52 Å². The molecule has 0 saturated carbocycles. The van der Waals surface area contributed by atoms with Crippen LogP contribution in [0.15, 0.2) is 36.7 Å². The van der Waals surface area contributed by atoms with Crippen molar-refractivity contribution in [1.29, 1.82) is 0 Å². The molecule has 0 spiro atoms. The molecule has 2 aromatic heterocycles. The summed E-state index contributed by atoms with van der Waals surface area (Å²) in [5.41, 5.74) is 7.77. The number of carbonyl (C=O) groups is 1. The van der Waals surface area contributed by atoms with Gasteiger partial charge < -0.3 is 29.4 Å². The van der Waals surface area contributed by atoms with E-state index in [0.717, 1.165) is 5.56 Å². The number of hydrogen-bond acceptors (Lipinski definition) is 10. The molecule has 3 rings (SSSR count). The van der Waals surface area contributed by atoms with Gasteiger partial charge in [0, 0.05) is 6.54 Å². The first-order valence-corrected chi connectivity index (χ1v) is 12.5. The summed E-state index contributed by atoms with van der Waals surface area (Å²) in [7, 11) is -3.57. The van der Waals surface area contributed by atoms with Gasteiger partial charge in [-0.1, -0.05) is 30.3 Å². The minimum Gasteiger partial charge on any atom is -0.465 e. The summed E-state index contributed by atoms with van der Waals surface area (Å²) in [6, 6.07) is 8.41. The van der Waals surface area contributed by atoms with Crippen molar-refractivity contribution in [3.63, 3.8) is 0 Å². The molecule has 0 aliphatic heterocycles. The third-order valence-corrected chi connectivity index (χ3v) is 6.60. The van der Waals surface area contributed by atoms with Crippen LogP contribution in [0.4, 0.5) is 5.95 Å². The Balaban J connectivity index is 1.64. The predicted molar refractivity (Wildman–Crippen MR) is 125 cm³/mol. The van der Waals surface area contributed by atoms with E-state index in [4.69, 9.17) is 19.7 Å². The SMILES string of the molecule is CCOC(=O)[C@H](C)N[P@](=O)(COCCn1cnc2c(CO)nc(N)nc21)OCc1ccccc1. The molecule has 0 fully saturated rings. The highest BCUT2D eigenvalue weighted by atomic mass is 31.2. The van der Waals surface area contributed by atoms with Gasteiger partial charge in [-0.15, -0.1) is 0 Å². The number of carbonyl (C=O) groups excluding carboxylic acids is 1. The summed E-state index contributed by atoms with van der Waals surface area (Å²) >= 11 is 0. The number of anilines is 1. The molecule has 12 nitrogen and oxygen atoms in total. The van der Waals surface area contributed by atoms with Gasteiger partial charge in [-0.2, -0.15) is 4.98 Å². The Morgan fingerprint density at radius 1 is 1.29 bits per heavy atom. The second kappa shape index (κ2) is 12.0. The van der Waals surface area contributed by atoms with Crippen molar-refractivity contribution in [2.45, 2.75) is 39.6 Å². The molecule has 4 N–H and O–H groups in total. The summed E-state index contributed by atoms with van der Waals surface area (Å²) in [4.78, 5) is 24.4. The Morgan fingerprint density at radius 3 is 2.76 bits per heavy atom. The van der Waals surface area contributed by atoms with E-state index in [2.05, 4.69) is 20.0 Å². The summed E-state index contributed by atoms with van der Waals surface area (Å²) in [6.45, 7) is 3.70. The number of ether oxygens (including phenoxy) is 2. The minimum atomic E-state index is -3.57. The van der Waals surface area contributed by atoms with Crippen molar-refractivity contribution in [2.75, 3.05) is 25.3 Å². The molecule has 2 heterocycles. The molecule has 2 atom stereocenters. The average molecular weight is 492 g/mol. The van der Waals surface area contributed by atoms with Crippen molar-refractivity contribution >= 4 is 30.6 Å². The third-order valence-electron chi connectivity index (χ3n) is 4.75. The van der Waals surface area contributed by atoms with Gasteiger partial charge >= 0.3 is 5.97 Å². The van der Waals surface area contributed by atoms with E-state index in [-0.39, 0.29) is 38.7 Å². The van der Waals surface area contributed by atoms with E-state index in [0.29, 0.717) is 23.4 Å². The van der Waals surface area contributed by atoms with Crippen LogP contribution in [-0.2, 0) is 43.1 Å². The second-order valence-corrected chi connectivity index (χ2v) is 9.49. The lowest BCUT2D eigenvalue weighted by Gasteiger charge is -2.23. The van der Waals surface area contributed by atoms with E-state index >= 15 is 0 Å². The molecule has 0 bridgehead atoms. The summed E-state index contributed by atoms with van der Waals surface area (Å²) in [6.07, 6.45) is 1.27. The standard InChI is InChI=1S/C21H29N6O6P/c1-3-32-20(29)15(2)26-34(30,33-12-16-7-5-4-6-8-16)14-31-10-9-27-13-23-18-17(11-28)24-21(22)25-19(18)27/h4-8,13,15,28H,3,9-12,14H2,1-2H3,(H,26,30)(H2,22,24,25)/t15-,34-/m0/s1. The van der Waals surface area contributed by atoms with Crippen molar-refractivity contribution in [2.24, 2.45) is 0 Å². The van der Waals surface area contributed by atoms with Gasteiger partial charge in [0.1, 0.15) is 17.9 Å². The molecular weight excluding hydrogens is 463 g/mol. The molecule has 0 radical (unpaired) electrons. The first-order valence-electron chi connectivity index (χ1n) is 10.7. The first-order chi connectivity index (χ1) is 16.3. The highest BCUT2D eigenvalue weighted by Crippen LogP contribution is 2.44. The van der Waals surface area contributed by atoms with Crippen LogP contribution in [0.1, 0.15) is 25.1 Å². The largest absolute Gasteiger partial charge is 0.465 e. The fraction of sp³-hybridized carbons (Fsp3) is 0.429. The summed E-state index contributed by atoms with van der Waals surface area (Å²) < 4.78 is 31.5.